The Balaban J connectivity index is 1.91. The molecular weight excluding hydrogens is 246 g/mol. The van der Waals surface area contributed by atoms with Crippen molar-refractivity contribution in [3.05, 3.63) is 24.3 Å². The van der Waals surface area contributed by atoms with Gasteiger partial charge in [-0.1, -0.05) is 12.1 Å². The summed E-state index contributed by atoms with van der Waals surface area (Å²) in [5.74, 6) is 1.45. The van der Waals surface area contributed by atoms with Crippen molar-refractivity contribution in [1.29, 1.82) is 0 Å². The highest BCUT2D eigenvalue weighted by molar-refractivity contribution is 5.39. The summed E-state index contributed by atoms with van der Waals surface area (Å²) in [6.45, 7) is 1.09. The lowest BCUT2D eigenvalue weighted by Gasteiger charge is -2.41. The molecule has 0 aliphatic heterocycles. The molecule has 5 nitrogen and oxygen atoms in total. The fraction of sp³-hybridized carbons (Fsp3) is 0.571. The first kappa shape index (κ1) is 14.1. The molecule has 1 aliphatic carbocycles. The zero-order chi connectivity index (χ0) is 13.7. The van der Waals surface area contributed by atoms with Gasteiger partial charge in [0, 0.05) is 19.6 Å². The smallest absolute Gasteiger partial charge is 0.161 e. The third kappa shape index (κ3) is 3.37. The third-order valence-corrected chi connectivity index (χ3v) is 3.24. The molecular formula is C14H21NO4. The minimum Gasteiger partial charge on any atom is -0.493 e. The van der Waals surface area contributed by atoms with E-state index in [1.165, 1.54) is 0 Å². The fourth-order valence-electron chi connectivity index (χ4n) is 2.11. The standard InChI is InChI=1S/C14H21NO4/c1-16-7-8-18-14-10(15)9-13(14)19-12-6-4-3-5-11(12)17-2/h3-6,10,13-14H,7-9,15H2,1-2H3. The van der Waals surface area contributed by atoms with E-state index in [4.69, 9.17) is 24.7 Å². The third-order valence-electron chi connectivity index (χ3n) is 3.24. The highest BCUT2D eigenvalue weighted by atomic mass is 16.6. The first-order valence-corrected chi connectivity index (χ1v) is 6.42. The molecule has 106 valence electrons. The molecule has 5 heteroatoms. The Hall–Kier alpha value is -1.30. The number of ether oxygens (including phenoxy) is 4. The van der Waals surface area contributed by atoms with Crippen LogP contribution >= 0.6 is 0 Å². The van der Waals surface area contributed by atoms with Crippen LogP contribution in [0.1, 0.15) is 6.42 Å². The zero-order valence-electron chi connectivity index (χ0n) is 11.4. The van der Waals surface area contributed by atoms with Crippen molar-refractivity contribution < 1.29 is 18.9 Å². The number of hydrogen-bond acceptors (Lipinski definition) is 5. The summed E-state index contributed by atoms with van der Waals surface area (Å²) in [7, 11) is 3.27. The van der Waals surface area contributed by atoms with Gasteiger partial charge in [-0.3, -0.25) is 0 Å². The second-order valence-corrected chi connectivity index (χ2v) is 4.53. The molecule has 1 aliphatic rings. The van der Waals surface area contributed by atoms with Crippen LogP contribution in [-0.4, -0.2) is 45.7 Å². The van der Waals surface area contributed by atoms with Gasteiger partial charge in [-0.05, 0) is 12.1 Å². The van der Waals surface area contributed by atoms with Crippen LogP contribution in [0.3, 0.4) is 0 Å². The quantitative estimate of drug-likeness (QED) is 0.752. The molecule has 1 saturated carbocycles. The molecule has 1 fully saturated rings. The van der Waals surface area contributed by atoms with Gasteiger partial charge < -0.3 is 24.7 Å². The minimum absolute atomic E-state index is 0.0246. The molecule has 3 atom stereocenters. The molecule has 0 saturated heterocycles. The Bertz CT molecular complexity index is 399. The number of rotatable bonds is 7. The maximum absolute atomic E-state index is 5.94. The maximum Gasteiger partial charge on any atom is 0.161 e. The van der Waals surface area contributed by atoms with Gasteiger partial charge in [0.15, 0.2) is 11.5 Å². The van der Waals surface area contributed by atoms with Crippen molar-refractivity contribution in [1.82, 2.24) is 0 Å². The van der Waals surface area contributed by atoms with Gasteiger partial charge in [-0.15, -0.1) is 0 Å². The summed E-state index contributed by atoms with van der Waals surface area (Å²) >= 11 is 0. The Morgan fingerprint density at radius 3 is 2.53 bits per heavy atom. The summed E-state index contributed by atoms with van der Waals surface area (Å²) < 4.78 is 21.8. The van der Waals surface area contributed by atoms with Crippen LogP contribution in [-0.2, 0) is 9.47 Å². The van der Waals surface area contributed by atoms with Crippen molar-refractivity contribution in [2.45, 2.75) is 24.7 Å². The lowest BCUT2D eigenvalue weighted by molar-refractivity contribution is -0.107. The summed E-state index contributed by atoms with van der Waals surface area (Å²) in [4.78, 5) is 0. The summed E-state index contributed by atoms with van der Waals surface area (Å²) in [5, 5.41) is 0. The van der Waals surface area contributed by atoms with E-state index < -0.39 is 0 Å². The van der Waals surface area contributed by atoms with E-state index in [-0.39, 0.29) is 18.2 Å². The first-order chi connectivity index (χ1) is 9.26. The van der Waals surface area contributed by atoms with Gasteiger partial charge in [-0.25, -0.2) is 0 Å². The van der Waals surface area contributed by atoms with Crippen LogP contribution in [0.5, 0.6) is 11.5 Å². The van der Waals surface area contributed by atoms with Gasteiger partial charge in [0.05, 0.1) is 20.3 Å². The predicted molar refractivity (Wildman–Crippen MR) is 71.6 cm³/mol. The number of benzene rings is 1. The highest BCUT2D eigenvalue weighted by Crippen LogP contribution is 2.32. The number of methoxy groups -OCH3 is 2. The average Bonchev–Trinajstić information content (AvgIpc) is 2.43. The monoisotopic (exact) mass is 267 g/mol. The highest BCUT2D eigenvalue weighted by Gasteiger charge is 2.41. The number of hydrogen-bond donors (Lipinski definition) is 1. The van der Waals surface area contributed by atoms with Crippen molar-refractivity contribution in [3.63, 3.8) is 0 Å². The topological polar surface area (TPSA) is 62.9 Å². The summed E-state index contributed by atoms with van der Waals surface area (Å²) in [5.41, 5.74) is 5.94. The molecule has 2 N–H and O–H groups in total. The molecule has 1 aromatic carbocycles. The van der Waals surface area contributed by atoms with Crippen LogP contribution in [0.2, 0.25) is 0 Å². The Morgan fingerprint density at radius 2 is 1.89 bits per heavy atom. The van der Waals surface area contributed by atoms with E-state index in [2.05, 4.69) is 0 Å². The molecule has 3 unspecified atom stereocenters. The van der Waals surface area contributed by atoms with Crippen LogP contribution in [0.4, 0.5) is 0 Å². The summed E-state index contributed by atoms with van der Waals surface area (Å²) in [6, 6.07) is 7.60. The molecule has 0 bridgehead atoms. The number of para-hydroxylation sites is 2. The predicted octanol–water partition coefficient (Wildman–Crippen LogP) is 1.21. The molecule has 2 rings (SSSR count). The Morgan fingerprint density at radius 1 is 1.16 bits per heavy atom. The Kier molecular flexibility index (Phi) is 5.01. The molecule has 0 radical (unpaired) electrons. The second kappa shape index (κ2) is 6.75. The lowest BCUT2D eigenvalue weighted by Crippen LogP contribution is -2.59. The summed E-state index contributed by atoms with van der Waals surface area (Å²) in [6.07, 6.45) is 0.679. The van der Waals surface area contributed by atoms with E-state index in [1.807, 2.05) is 24.3 Å². The van der Waals surface area contributed by atoms with Gasteiger partial charge in [-0.2, -0.15) is 0 Å². The molecule has 0 aromatic heterocycles. The van der Waals surface area contributed by atoms with E-state index in [9.17, 15) is 0 Å². The zero-order valence-corrected chi connectivity index (χ0v) is 11.4. The molecule has 0 heterocycles. The van der Waals surface area contributed by atoms with Gasteiger partial charge >= 0.3 is 0 Å². The average molecular weight is 267 g/mol. The molecule has 19 heavy (non-hydrogen) atoms. The van der Waals surface area contributed by atoms with Crippen molar-refractivity contribution >= 4 is 0 Å². The minimum atomic E-state index is -0.0833. The second-order valence-electron chi connectivity index (χ2n) is 4.53. The first-order valence-electron chi connectivity index (χ1n) is 6.42. The van der Waals surface area contributed by atoms with Gasteiger partial charge in [0.2, 0.25) is 0 Å². The lowest BCUT2D eigenvalue weighted by atomic mass is 9.86. The molecule has 0 amide bonds. The van der Waals surface area contributed by atoms with Crippen molar-refractivity contribution in [3.8, 4) is 11.5 Å². The maximum atomic E-state index is 5.94. The normalized spacial score (nSPS) is 25.7. The van der Waals surface area contributed by atoms with Crippen LogP contribution < -0.4 is 15.2 Å². The van der Waals surface area contributed by atoms with Gasteiger partial charge in [0.1, 0.15) is 12.2 Å². The SMILES string of the molecule is COCCOC1C(N)CC1Oc1ccccc1OC. The van der Waals surface area contributed by atoms with Gasteiger partial charge in [0.25, 0.3) is 0 Å². The number of nitrogens with two attached hydrogens (primary N) is 1. The van der Waals surface area contributed by atoms with Crippen molar-refractivity contribution in [2.24, 2.45) is 5.73 Å². The van der Waals surface area contributed by atoms with E-state index in [0.717, 1.165) is 17.9 Å². The largest absolute Gasteiger partial charge is 0.493 e. The van der Waals surface area contributed by atoms with Crippen molar-refractivity contribution in [2.75, 3.05) is 27.4 Å². The fourth-order valence-corrected chi connectivity index (χ4v) is 2.11. The van der Waals surface area contributed by atoms with E-state index in [0.29, 0.717) is 13.2 Å². The Labute approximate surface area is 113 Å². The van der Waals surface area contributed by atoms with E-state index in [1.54, 1.807) is 14.2 Å². The van der Waals surface area contributed by atoms with Crippen LogP contribution in [0, 0.1) is 0 Å². The molecule has 1 aromatic rings. The van der Waals surface area contributed by atoms with E-state index >= 15 is 0 Å². The van der Waals surface area contributed by atoms with Crippen LogP contribution in [0.15, 0.2) is 24.3 Å². The van der Waals surface area contributed by atoms with Crippen LogP contribution in [0.25, 0.3) is 0 Å². The molecule has 0 spiro atoms.